The zero-order valence-electron chi connectivity index (χ0n) is 9.18. The van der Waals surface area contributed by atoms with E-state index in [-0.39, 0.29) is 11.8 Å². The lowest BCUT2D eigenvalue weighted by atomic mass is 10.1. The summed E-state index contributed by atoms with van der Waals surface area (Å²) in [6.45, 7) is 9.21. The van der Waals surface area contributed by atoms with Crippen molar-refractivity contribution in [3.05, 3.63) is 0 Å². The van der Waals surface area contributed by atoms with Crippen LogP contribution in [0.4, 0.5) is 0 Å². The average molecular weight is 199 g/mol. The Labute approximate surface area is 86.0 Å². The Kier molecular flexibility index (Phi) is 4.90. The Morgan fingerprint density at radius 2 is 1.71 bits per heavy atom. The van der Waals surface area contributed by atoms with Crippen molar-refractivity contribution in [2.24, 2.45) is 5.92 Å². The smallest absolute Gasteiger partial charge is 0.228 e. The monoisotopic (exact) mass is 199 g/mol. The fourth-order valence-corrected chi connectivity index (χ4v) is 1.77. The highest BCUT2D eigenvalue weighted by molar-refractivity contribution is 5.79. The van der Waals surface area contributed by atoms with Crippen LogP contribution in [0.3, 0.4) is 0 Å². The summed E-state index contributed by atoms with van der Waals surface area (Å²) in [5.41, 5.74) is 0. The van der Waals surface area contributed by atoms with Gasteiger partial charge < -0.3 is 15.5 Å². The van der Waals surface area contributed by atoms with E-state index in [2.05, 4.69) is 10.6 Å². The van der Waals surface area contributed by atoms with Crippen molar-refractivity contribution in [1.29, 1.82) is 0 Å². The predicted octanol–water partition coefficient (Wildman–Crippen LogP) is -0.336. The van der Waals surface area contributed by atoms with Crippen molar-refractivity contribution >= 4 is 5.91 Å². The molecule has 1 amide bonds. The number of amides is 1. The minimum Gasteiger partial charge on any atom is -0.343 e. The molecule has 1 saturated heterocycles. The van der Waals surface area contributed by atoms with Gasteiger partial charge in [-0.05, 0) is 13.8 Å². The van der Waals surface area contributed by atoms with Gasteiger partial charge in [0.1, 0.15) is 0 Å². The van der Waals surface area contributed by atoms with Crippen LogP contribution >= 0.6 is 0 Å². The number of carbonyl (C=O) groups excluding carboxylic acids is 1. The molecule has 4 nitrogen and oxygen atoms in total. The van der Waals surface area contributed by atoms with Gasteiger partial charge in [-0.1, -0.05) is 0 Å². The zero-order chi connectivity index (χ0) is 10.4. The van der Waals surface area contributed by atoms with Gasteiger partial charge in [-0.2, -0.15) is 0 Å². The van der Waals surface area contributed by atoms with Crippen molar-refractivity contribution in [2.45, 2.75) is 13.8 Å². The van der Waals surface area contributed by atoms with Crippen LogP contribution in [0.15, 0.2) is 0 Å². The second kappa shape index (κ2) is 5.98. The minimum absolute atomic E-state index is 0.109. The highest BCUT2D eigenvalue weighted by Crippen LogP contribution is 2.02. The molecular weight excluding hydrogens is 178 g/mol. The lowest BCUT2D eigenvalue weighted by Gasteiger charge is -2.24. The number of nitrogens with one attached hydrogen (secondary N) is 2. The summed E-state index contributed by atoms with van der Waals surface area (Å²) in [5.74, 6) is 0.384. The number of hydrogen-bond acceptors (Lipinski definition) is 3. The molecule has 4 heteroatoms. The van der Waals surface area contributed by atoms with Crippen LogP contribution in [0.1, 0.15) is 13.8 Å². The summed E-state index contributed by atoms with van der Waals surface area (Å²) >= 11 is 0. The maximum Gasteiger partial charge on any atom is 0.228 e. The highest BCUT2D eigenvalue weighted by Gasteiger charge is 2.22. The summed E-state index contributed by atoms with van der Waals surface area (Å²) < 4.78 is 0. The summed E-state index contributed by atoms with van der Waals surface area (Å²) in [7, 11) is 0. The van der Waals surface area contributed by atoms with Gasteiger partial charge in [0.2, 0.25) is 5.91 Å². The summed E-state index contributed by atoms with van der Waals surface area (Å²) in [6.07, 6.45) is 0. The first-order chi connectivity index (χ1) is 6.79. The van der Waals surface area contributed by atoms with Crippen molar-refractivity contribution in [2.75, 3.05) is 39.3 Å². The van der Waals surface area contributed by atoms with Gasteiger partial charge in [0.05, 0.1) is 5.92 Å². The van der Waals surface area contributed by atoms with Crippen molar-refractivity contribution in [1.82, 2.24) is 15.5 Å². The Balaban J connectivity index is 2.48. The lowest BCUT2D eigenvalue weighted by Crippen LogP contribution is -2.42. The average Bonchev–Trinajstić information content (AvgIpc) is 2.47. The lowest BCUT2D eigenvalue weighted by molar-refractivity contribution is -0.134. The standard InChI is InChI=1S/C10H21N3O/c1-3-13(4-2)10(14)9-7-11-5-6-12-8-9/h9,11-12H,3-8H2,1-2H3. The molecule has 14 heavy (non-hydrogen) atoms. The van der Waals surface area contributed by atoms with Crippen LogP contribution < -0.4 is 10.6 Å². The molecule has 2 N–H and O–H groups in total. The van der Waals surface area contributed by atoms with Crippen LogP contribution in [-0.4, -0.2) is 50.1 Å². The number of nitrogens with zero attached hydrogens (tertiary/aromatic N) is 1. The molecule has 0 saturated carbocycles. The molecule has 0 aromatic carbocycles. The quantitative estimate of drug-likeness (QED) is 0.654. The molecule has 0 spiro atoms. The van der Waals surface area contributed by atoms with Gasteiger partial charge in [-0.3, -0.25) is 4.79 Å². The Morgan fingerprint density at radius 3 is 2.14 bits per heavy atom. The maximum atomic E-state index is 12.0. The van der Waals surface area contributed by atoms with E-state index in [9.17, 15) is 4.79 Å². The first-order valence-corrected chi connectivity index (χ1v) is 5.49. The number of rotatable bonds is 3. The molecule has 1 heterocycles. The SMILES string of the molecule is CCN(CC)C(=O)C1CNCCNC1. The van der Waals surface area contributed by atoms with Gasteiger partial charge in [0.15, 0.2) is 0 Å². The van der Waals surface area contributed by atoms with E-state index in [4.69, 9.17) is 0 Å². The molecule has 1 rings (SSSR count). The third-order valence-corrected chi connectivity index (χ3v) is 2.68. The summed E-state index contributed by atoms with van der Waals surface area (Å²) in [4.78, 5) is 13.9. The Hall–Kier alpha value is -0.610. The van der Waals surface area contributed by atoms with E-state index >= 15 is 0 Å². The van der Waals surface area contributed by atoms with E-state index in [1.165, 1.54) is 0 Å². The normalized spacial score (nSPS) is 19.0. The van der Waals surface area contributed by atoms with Gasteiger partial charge in [-0.15, -0.1) is 0 Å². The third kappa shape index (κ3) is 2.96. The fourth-order valence-electron chi connectivity index (χ4n) is 1.77. The number of carbonyl (C=O) groups is 1. The molecular formula is C10H21N3O. The molecule has 0 atom stereocenters. The maximum absolute atomic E-state index is 12.0. The summed E-state index contributed by atoms with van der Waals surface area (Å²) in [5, 5.41) is 6.54. The van der Waals surface area contributed by atoms with Gasteiger partial charge in [0, 0.05) is 39.3 Å². The topological polar surface area (TPSA) is 44.4 Å². The van der Waals surface area contributed by atoms with Crippen molar-refractivity contribution in [3.63, 3.8) is 0 Å². The van der Waals surface area contributed by atoms with Gasteiger partial charge in [-0.25, -0.2) is 0 Å². The molecule has 0 bridgehead atoms. The molecule has 0 aromatic rings. The predicted molar refractivity (Wildman–Crippen MR) is 57.2 cm³/mol. The van der Waals surface area contributed by atoms with E-state index in [0.29, 0.717) is 0 Å². The first kappa shape index (κ1) is 11.5. The van der Waals surface area contributed by atoms with Gasteiger partial charge in [0.25, 0.3) is 0 Å². The molecule has 0 aliphatic carbocycles. The van der Waals surface area contributed by atoms with E-state index < -0.39 is 0 Å². The molecule has 0 radical (unpaired) electrons. The summed E-state index contributed by atoms with van der Waals surface area (Å²) in [6, 6.07) is 0. The zero-order valence-corrected chi connectivity index (χ0v) is 9.18. The molecule has 0 unspecified atom stereocenters. The molecule has 82 valence electrons. The minimum atomic E-state index is 0.109. The van der Waals surface area contributed by atoms with E-state index in [1.807, 2.05) is 18.7 Å². The van der Waals surface area contributed by atoms with Crippen molar-refractivity contribution in [3.8, 4) is 0 Å². The van der Waals surface area contributed by atoms with E-state index in [1.54, 1.807) is 0 Å². The van der Waals surface area contributed by atoms with Crippen LogP contribution in [0.5, 0.6) is 0 Å². The largest absolute Gasteiger partial charge is 0.343 e. The Bertz CT molecular complexity index is 172. The Morgan fingerprint density at radius 1 is 1.21 bits per heavy atom. The van der Waals surface area contributed by atoms with E-state index in [0.717, 1.165) is 39.3 Å². The molecule has 1 fully saturated rings. The highest BCUT2D eigenvalue weighted by atomic mass is 16.2. The van der Waals surface area contributed by atoms with Crippen LogP contribution in [0.25, 0.3) is 0 Å². The molecule has 0 aromatic heterocycles. The van der Waals surface area contributed by atoms with Crippen LogP contribution in [-0.2, 0) is 4.79 Å². The second-order valence-corrected chi connectivity index (χ2v) is 3.62. The molecule has 1 aliphatic heterocycles. The molecule has 1 aliphatic rings. The third-order valence-electron chi connectivity index (χ3n) is 2.68. The first-order valence-electron chi connectivity index (χ1n) is 5.49. The van der Waals surface area contributed by atoms with Gasteiger partial charge >= 0.3 is 0 Å². The second-order valence-electron chi connectivity index (χ2n) is 3.62. The van der Waals surface area contributed by atoms with Crippen LogP contribution in [0.2, 0.25) is 0 Å². The fraction of sp³-hybridized carbons (Fsp3) is 0.900. The van der Waals surface area contributed by atoms with Crippen molar-refractivity contribution < 1.29 is 4.79 Å². The number of hydrogen-bond donors (Lipinski definition) is 2. The van der Waals surface area contributed by atoms with Crippen LogP contribution in [0, 0.1) is 5.92 Å².